The molecule has 0 heterocycles. The summed E-state index contributed by atoms with van der Waals surface area (Å²) in [4.78, 5) is 5.02. The summed E-state index contributed by atoms with van der Waals surface area (Å²) in [5.41, 5.74) is 20.7. The molecule has 0 aliphatic heterocycles. The summed E-state index contributed by atoms with van der Waals surface area (Å²) >= 11 is 0. The molecule has 258 valence electrons. The third-order valence-electron chi connectivity index (χ3n) is 11.1. The van der Waals surface area contributed by atoms with E-state index < -0.39 is 0 Å². The molecule has 0 saturated heterocycles. The average Bonchev–Trinajstić information content (AvgIpc) is 3.38. The zero-order chi connectivity index (χ0) is 35.9. The minimum absolute atomic E-state index is 0.190. The lowest BCUT2D eigenvalue weighted by Crippen LogP contribution is -2.19. The SMILES string of the molecule is CCc1cccc(CC)c1N(c1ccc(C)cc1)c1ccc2c(c1)C(C)(C)c1cc(N(c3ccc(C)cc3)c3c(CC)cccc3CC)ccc1-2. The third-order valence-corrected chi connectivity index (χ3v) is 11.1. The number of fused-ring (bicyclic) bond motifs is 3. The van der Waals surface area contributed by atoms with Gasteiger partial charge in [-0.3, -0.25) is 0 Å². The first-order chi connectivity index (χ1) is 24.7. The molecule has 6 aromatic carbocycles. The van der Waals surface area contributed by atoms with E-state index in [1.54, 1.807) is 0 Å². The van der Waals surface area contributed by atoms with Crippen LogP contribution in [0.4, 0.5) is 34.1 Å². The van der Waals surface area contributed by atoms with E-state index in [-0.39, 0.29) is 5.41 Å². The number of para-hydroxylation sites is 2. The zero-order valence-electron chi connectivity index (χ0n) is 31.8. The van der Waals surface area contributed by atoms with E-state index in [1.807, 2.05) is 0 Å². The summed E-state index contributed by atoms with van der Waals surface area (Å²) in [6.45, 7) is 18.2. The van der Waals surface area contributed by atoms with Crippen LogP contribution < -0.4 is 9.80 Å². The normalized spacial score (nSPS) is 12.8. The van der Waals surface area contributed by atoms with Crippen molar-refractivity contribution in [3.8, 4) is 11.1 Å². The summed E-state index contributed by atoms with van der Waals surface area (Å²) in [6.07, 6.45) is 3.92. The minimum atomic E-state index is -0.190. The van der Waals surface area contributed by atoms with Gasteiger partial charge in [0.05, 0.1) is 11.4 Å². The number of nitrogens with zero attached hydrogens (tertiary/aromatic N) is 2. The van der Waals surface area contributed by atoms with Crippen molar-refractivity contribution >= 4 is 34.1 Å². The van der Waals surface area contributed by atoms with Crippen LogP contribution in [0.2, 0.25) is 0 Å². The Bertz CT molecular complexity index is 1990. The summed E-state index contributed by atoms with van der Waals surface area (Å²) < 4.78 is 0. The Morgan fingerprint density at radius 3 is 1.04 bits per heavy atom. The average molecular weight is 669 g/mol. The van der Waals surface area contributed by atoms with E-state index in [2.05, 4.69) is 187 Å². The van der Waals surface area contributed by atoms with Crippen LogP contribution in [0.1, 0.15) is 86.1 Å². The second kappa shape index (κ2) is 13.9. The number of rotatable bonds is 10. The fourth-order valence-electron chi connectivity index (χ4n) is 8.20. The van der Waals surface area contributed by atoms with Gasteiger partial charge in [-0.2, -0.15) is 0 Å². The first-order valence-electron chi connectivity index (χ1n) is 18.9. The standard InChI is InChI=1S/C49H52N2/c1-9-35-15-13-16-36(10-2)47(35)50(39-23-19-33(5)20-24-39)41-27-29-43-44-30-28-42(32-46(44)49(7,8)45(43)31-41)51(40-25-21-34(6)22-26-40)48-37(11-3)17-14-18-38(48)12-4/h13-32H,9-12H2,1-8H3. The number of hydrogen-bond donors (Lipinski definition) is 0. The molecule has 6 aromatic rings. The van der Waals surface area contributed by atoms with Gasteiger partial charge in [-0.05, 0) is 133 Å². The van der Waals surface area contributed by atoms with Crippen molar-refractivity contribution in [3.63, 3.8) is 0 Å². The monoisotopic (exact) mass is 668 g/mol. The lowest BCUT2D eigenvalue weighted by Gasteiger charge is -2.32. The van der Waals surface area contributed by atoms with Crippen LogP contribution in [-0.2, 0) is 31.1 Å². The highest BCUT2D eigenvalue weighted by atomic mass is 15.2. The lowest BCUT2D eigenvalue weighted by molar-refractivity contribution is 0.660. The smallest absolute Gasteiger partial charge is 0.0525 e. The molecule has 2 nitrogen and oxygen atoms in total. The van der Waals surface area contributed by atoms with E-state index >= 15 is 0 Å². The fourth-order valence-corrected chi connectivity index (χ4v) is 8.20. The number of aryl methyl sites for hydroxylation is 6. The van der Waals surface area contributed by atoms with Crippen molar-refractivity contribution < 1.29 is 0 Å². The van der Waals surface area contributed by atoms with Crippen LogP contribution in [-0.4, -0.2) is 0 Å². The first kappa shape index (κ1) is 34.4. The number of hydrogen-bond acceptors (Lipinski definition) is 2. The highest BCUT2D eigenvalue weighted by Crippen LogP contribution is 2.53. The van der Waals surface area contributed by atoms with Crippen LogP contribution in [0.5, 0.6) is 0 Å². The summed E-state index contributed by atoms with van der Waals surface area (Å²) in [7, 11) is 0. The molecule has 0 bridgehead atoms. The van der Waals surface area contributed by atoms with Crippen molar-refractivity contribution in [1.29, 1.82) is 0 Å². The van der Waals surface area contributed by atoms with E-state index in [1.165, 1.54) is 89.8 Å². The molecule has 1 aliphatic rings. The van der Waals surface area contributed by atoms with Gasteiger partial charge >= 0.3 is 0 Å². The maximum absolute atomic E-state index is 2.51. The molecule has 2 heteroatoms. The molecular formula is C49H52N2. The van der Waals surface area contributed by atoms with E-state index in [4.69, 9.17) is 0 Å². The Balaban J connectivity index is 1.39. The Morgan fingerprint density at radius 2 is 0.725 bits per heavy atom. The van der Waals surface area contributed by atoms with Gasteiger partial charge in [0.25, 0.3) is 0 Å². The largest absolute Gasteiger partial charge is 0.310 e. The Morgan fingerprint density at radius 1 is 0.412 bits per heavy atom. The van der Waals surface area contributed by atoms with Crippen LogP contribution in [0.15, 0.2) is 121 Å². The lowest BCUT2D eigenvalue weighted by atomic mass is 9.82. The molecule has 1 aliphatic carbocycles. The summed E-state index contributed by atoms with van der Waals surface area (Å²) in [5, 5.41) is 0. The van der Waals surface area contributed by atoms with Gasteiger partial charge in [0, 0.05) is 28.2 Å². The molecule has 0 fully saturated rings. The van der Waals surface area contributed by atoms with Gasteiger partial charge in [0.1, 0.15) is 0 Å². The van der Waals surface area contributed by atoms with Gasteiger partial charge < -0.3 is 9.80 Å². The van der Waals surface area contributed by atoms with Gasteiger partial charge in [0.2, 0.25) is 0 Å². The first-order valence-corrected chi connectivity index (χ1v) is 18.9. The van der Waals surface area contributed by atoms with Crippen LogP contribution in [0.25, 0.3) is 11.1 Å². The second-order valence-corrected chi connectivity index (χ2v) is 14.7. The highest BCUT2D eigenvalue weighted by Gasteiger charge is 2.37. The molecule has 0 amide bonds. The second-order valence-electron chi connectivity index (χ2n) is 14.7. The Hall–Kier alpha value is -5.08. The van der Waals surface area contributed by atoms with Gasteiger partial charge in [-0.15, -0.1) is 0 Å². The van der Waals surface area contributed by atoms with Crippen molar-refractivity contribution in [1.82, 2.24) is 0 Å². The molecule has 0 atom stereocenters. The van der Waals surface area contributed by atoms with Crippen molar-refractivity contribution in [2.75, 3.05) is 9.80 Å². The molecule has 0 radical (unpaired) electrons. The molecule has 0 N–H and O–H groups in total. The zero-order valence-corrected chi connectivity index (χ0v) is 31.8. The molecule has 51 heavy (non-hydrogen) atoms. The Labute approximate surface area is 306 Å². The maximum Gasteiger partial charge on any atom is 0.0525 e. The topological polar surface area (TPSA) is 6.48 Å². The Kier molecular flexibility index (Phi) is 9.38. The molecule has 0 unspecified atom stereocenters. The van der Waals surface area contributed by atoms with Crippen molar-refractivity contribution in [2.45, 2.75) is 86.5 Å². The molecule has 7 rings (SSSR count). The van der Waals surface area contributed by atoms with Gasteiger partial charge in [0.15, 0.2) is 0 Å². The molecule has 0 spiro atoms. The molecule has 0 aromatic heterocycles. The predicted molar refractivity (Wildman–Crippen MR) is 220 cm³/mol. The number of anilines is 6. The van der Waals surface area contributed by atoms with E-state index in [0.29, 0.717) is 0 Å². The van der Waals surface area contributed by atoms with Crippen molar-refractivity contribution in [3.05, 3.63) is 166 Å². The van der Waals surface area contributed by atoms with E-state index in [0.717, 1.165) is 25.7 Å². The molecular weight excluding hydrogens is 617 g/mol. The van der Waals surface area contributed by atoms with Gasteiger partial charge in [-0.25, -0.2) is 0 Å². The maximum atomic E-state index is 2.51. The van der Waals surface area contributed by atoms with Gasteiger partial charge in [-0.1, -0.05) is 125 Å². The predicted octanol–water partition coefficient (Wildman–Crippen LogP) is 13.8. The van der Waals surface area contributed by atoms with Crippen molar-refractivity contribution in [2.24, 2.45) is 0 Å². The van der Waals surface area contributed by atoms with Crippen LogP contribution in [0, 0.1) is 13.8 Å². The van der Waals surface area contributed by atoms with Crippen LogP contribution >= 0.6 is 0 Å². The summed E-state index contributed by atoms with van der Waals surface area (Å²) in [6, 6.07) is 46.0. The third kappa shape index (κ3) is 6.05. The quantitative estimate of drug-likeness (QED) is 0.143. The highest BCUT2D eigenvalue weighted by molar-refractivity contribution is 5.89. The fraction of sp³-hybridized carbons (Fsp3) is 0.265. The number of benzene rings is 6. The molecule has 0 saturated carbocycles. The van der Waals surface area contributed by atoms with Crippen LogP contribution in [0.3, 0.4) is 0 Å². The van der Waals surface area contributed by atoms with E-state index in [9.17, 15) is 0 Å². The summed E-state index contributed by atoms with van der Waals surface area (Å²) in [5.74, 6) is 0. The minimum Gasteiger partial charge on any atom is -0.310 e.